The number of hydrogen-bond donors (Lipinski definition) is 2. The van der Waals surface area contributed by atoms with Gasteiger partial charge in [-0.15, -0.1) is 0 Å². The quantitative estimate of drug-likeness (QED) is 0.398. The van der Waals surface area contributed by atoms with Crippen molar-refractivity contribution in [3.8, 4) is 0 Å². The van der Waals surface area contributed by atoms with Gasteiger partial charge in [-0.2, -0.15) is 5.10 Å². The molecule has 0 bridgehead atoms. The molecule has 0 saturated carbocycles. The van der Waals surface area contributed by atoms with E-state index in [2.05, 4.69) is 20.7 Å². The molecule has 0 radical (unpaired) electrons. The summed E-state index contributed by atoms with van der Waals surface area (Å²) in [5.74, 6) is 0.822. The van der Waals surface area contributed by atoms with E-state index in [1.54, 1.807) is 21.0 Å². The highest BCUT2D eigenvalue weighted by atomic mass is 32.2. The molecule has 24 heavy (non-hydrogen) atoms. The molecule has 8 nitrogen and oxygen atoms in total. The first-order chi connectivity index (χ1) is 11.2. The first-order valence-corrected chi connectivity index (χ1v) is 9.71. The molecule has 9 heteroatoms. The van der Waals surface area contributed by atoms with Gasteiger partial charge in [-0.1, -0.05) is 0 Å². The van der Waals surface area contributed by atoms with E-state index in [4.69, 9.17) is 0 Å². The van der Waals surface area contributed by atoms with Gasteiger partial charge >= 0.3 is 0 Å². The molecule has 0 aliphatic heterocycles. The van der Waals surface area contributed by atoms with Crippen molar-refractivity contribution in [2.24, 2.45) is 12.0 Å². The molecule has 0 amide bonds. The van der Waals surface area contributed by atoms with Gasteiger partial charge in [0.1, 0.15) is 0 Å². The molecule has 0 aromatic carbocycles. The summed E-state index contributed by atoms with van der Waals surface area (Å²) in [6, 6.07) is 0. The van der Waals surface area contributed by atoms with Crippen molar-refractivity contribution in [3.05, 3.63) is 17.0 Å². The lowest BCUT2D eigenvalue weighted by Crippen LogP contribution is -2.39. The van der Waals surface area contributed by atoms with E-state index in [1.165, 1.54) is 4.31 Å². The highest BCUT2D eigenvalue weighted by Crippen LogP contribution is 2.10. The van der Waals surface area contributed by atoms with Crippen molar-refractivity contribution in [1.82, 2.24) is 24.7 Å². The van der Waals surface area contributed by atoms with Crippen LogP contribution in [0.5, 0.6) is 0 Å². The molecule has 0 spiro atoms. The molecule has 1 rings (SSSR count). The van der Waals surface area contributed by atoms with Crippen LogP contribution >= 0.6 is 0 Å². The van der Waals surface area contributed by atoms with E-state index < -0.39 is 10.0 Å². The predicted octanol–water partition coefficient (Wildman–Crippen LogP) is 0.374. The van der Waals surface area contributed by atoms with Crippen LogP contribution in [0.15, 0.2) is 4.99 Å². The maximum absolute atomic E-state index is 11.7. The Balaban J connectivity index is 2.41. The lowest BCUT2D eigenvalue weighted by atomic mass is 10.2. The Labute approximate surface area is 145 Å². The van der Waals surface area contributed by atoms with Crippen LogP contribution in [0.2, 0.25) is 0 Å². The number of aromatic nitrogens is 2. The van der Waals surface area contributed by atoms with Gasteiger partial charge in [0.25, 0.3) is 0 Å². The topological polar surface area (TPSA) is 91.6 Å². The average Bonchev–Trinajstić information content (AvgIpc) is 2.79. The number of guanidine groups is 1. The summed E-state index contributed by atoms with van der Waals surface area (Å²) in [6.45, 7) is 7.46. The summed E-state index contributed by atoms with van der Waals surface area (Å²) in [6.07, 6.45) is 0.710. The lowest BCUT2D eigenvalue weighted by molar-refractivity contribution is 0.461. The smallest absolute Gasteiger partial charge is 0.213 e. The molecule has 0 saturated heterocycles. The molecule has 1 aromatic heterocycles. The molecule has 0 aliphatic carbocycles. The third-order valence-electron chi connectivity index (χ3n) is 4.10. The highest BCUT2D eigenvalue weighted by Gasteiger charge is 2.14. The number of rotatable bonds is 8. The molecule has 0 unspecified atom stereocenters. The summed E-state index contributed by atoms with van der Waals surface area (Å²) < 4.78 is 26.6. The fourth-order valence-electron chi connectivity index (χ4n) is 2.33. The number of aryl methyl sites for hydroxylation is 2. The van der Waals surface area contributed by atoms with Gasteiger partial charge in [-0.05, 0) is 27.2 Å². The van der Waals surface area contributed by atoms with Crippen molar-refractivity contribution in [2.45, 2.75) is 33.7 Å². The predicted molar refractivity (Wildman–Crippen MR) is 97.6 cm³/mol. The van der Waals surface area contributed by atoms with Gasteiger partial charge in [0.15, 0.2) is 5.96 Å². The summed E-state index contributed by atoms with van der Waals surface area (Å²) >= 11 is 0. The van der Waals surface area contributed by atoms with Crippen molar-refractivity contribution in [1.29, 1.82) is 0 Å². The molecule has 2 N–H and O–H groups in total. The maximum atomic E-state index is 11.7. The maximum Gasteiger partial charge on any atom is 0.213 e. The molecular weight excluding hydrogens is 328 g/mol. The molecule has 0 atom stereocenters. The zero-order chi connectivity index (χ0) is 18.3. The third kappa shape index (κ3) is 5.48. The van der Waals surface area contributed by atoms with Crippen LogP contribution in [-0.2, 0) is 23.6 Å². The van der Waals surface area contributed by atoms with E-state index in [1.807, 2.05) is 25.6 Å². The number of nitrogens with zero attached hydrogens (tertiary/aromatic N) is 4. The van der Waals surface area contributed by atoms with Crippen molar-refractivity contribution in [2.75, 3.05) is 32.9 Å². The Morgan fingerprint density at radius 1 is 1.33 bits per heavy atom. The Morgan fingerprint density at radius 3 is 2.50 bits per heavy atom. The normalized spacial score (nSPS) is 12.7. The summed E-state index contributed by atoms with van der Waals surface area (Å²) in [4.78, 5) is 4.19. The molecular formula is C15H30N6O2S. The number of aliphatic imine (C=N–C) groups is 1. The lowest BCUT2D eigenvalue weighted by Gasteiger charge is -2.17. The average molecular weight is 359 g/mol. The van der Waals surface area contributed by atoms with Crippen LogP contribution in [0.1, 0.15) is 30.3 Å². The molecule has 1 heterocycles. The Hall–Kier alpha value is -1.61. The van der Waals surface area contributed by atoms with E-state index in [9.17, 15) is 8.42 Å². The van der Waals surface area contributed by atoms with Gasteiger partial charge in [0.2, 0.25) is 10.0 Å². The standard InChI is InChI=1S/C15H30N6O2S/c1-7-24(22,23)20(5)10-8-9-17-15(16-4)18-11-14-12(2)19-21(6)13(14)3/h7-11H2,1-6H3,(H2,16,17,18). The first kappa shape index (κ1) is 20.4. The highest BCUT2D eigenvalue weighted by molar-refractivity contribution is 7.89. The molecule has 1 aromatic rings. The van der Waals surface area contributed by atoms with Gasteiger partial charge < -0.3 is 10.6 Å². The fraction of sp³-hybridized carbons (Fsp3) is 0.733. The van der Waals surface area contributed by atoms with Crippen LogP contribution in [0.25, 0.3) is 0 Å². The Kier molecular flexibility index (Phi) is 7.68. The second kappa shape index (κ2) is 9.03. The molecule has 0 fully saturated rings. The van der Waals surface area contributed by atoms with Gasteiger partial charge in [0, 0.05) is 52.0 Å². The monoisotopic (exact) mass is 358 g/mol. The summed E-state index contributed by atoms with van der Waals surface area (Å²) in [7, 11) is 2.15. The van der Waals surface area contributed by atoms with E-state index >= 15 is 0 Å². The Bertz CT molecular complexity index is 666. The van der Waals surface area contributed by atoms with E-state index in [-0.39, 0.29) is 5.75 Å². The minimum absolute atomic E-state index is 0.129. The number of nitrogens with one attached hydrogen (secondary N) is 2. The minimum atomic E-state index is -3.11. The zero-order valence-electron chi connectivity index (χ0n) is 15.5. The van der Waals surface area contributed by atoms with Crippen LogP contribution in [0.4, 0.5) is 0 Å². The van der Waals surface area contributed by atoms with Crippen LogP contribution < -0.4 is 10.6 Å². The number of sulfonamides is 1. The van der Waals surface area contributed by atoms with Crippen LogP contribution in [-0.4, -0.2) is 61.4 Å². The van der Waals surface area contributed by atoms with Gasteiger partial charge in [-0.25, -0.2) is 12.7 Å². The zero-order valence-corrected chi connectivity index (χ0v) is 16.4. The largest absolute Gasteiger partial charge is 0.356 e. The minimum Gasteiger partial charge on any atom is -0.356 e. The number of hydrogen-bond acceptors (Lipinski definition) is 4. The van der Waals surface area contributed by atoms with Crippen LogP contribution in [0, 0.1) is 13.8 Å². The summed E-state index contributed by atoms with van der Waals surface area (Å²) in [5, 5.41) is 10.9. The van der Waals surface area contributed by atoms with Gasteiger partial charge in [0.05, 0.1) is 11.4 Å². The van der Waals surface area contributed by atoms with Crippen molar-refractivity contribution < 1.29 is 8.42 Å². The first-order valence-electron chi connectivity index (χ1n) is 8.10. The third-order valence-corrected chi connectivity index (χ3v) is 5.96. The SMILES string of the molecule is CCS(=O)(=O)N(C)CCCNC(=NC)NCc1c(C)nn(C)c1C. The van der Waals surface area contributed by atoms with Gasteiger partial charge in [-0.3, -0.25) is 9.67 Å². The molecule has 138 valence electrons. The molecule has 0 aliphatic rings. The van der Waals surface area contributed by atoms with Crippen molar-refractivity contribution in [3.63, 3.8) is 0 Å². The second-order valence-electron chi connectivity index (χ2n) is 5.70. The summed E-state index contributed by atoms with van der Waals surface area (Å²) in [5.41, 5.74) is 3.29. The second-order valence-corrected chi connectivity index (χ2v) is 8.07. The van der Waals surface area contributed by atoms with Crippen molar-refractivity contribution >= 4 is 16.0 Å². The Morgan fingerprint density at radius 2 is 2.00 bits per heavy atom. The van der Waals surface area contributed by atoms with E-state index in [0.717, 1.165) is 17.0 Å². The van der Waals surface area contributed by atoms with Crippen LogP contribution in [0.3, 0.4) is 0 Å². The fourth-order valence-corrected chi connectivity index (χ4v) is 3.18. The van der Waals surface area contributed by atoms with E-state index in [0.29, 0.717) is 32.0 Å².